The third-order valence-electron chi connectivity index (χ3n) is 4.64. The number of hydrogen-bond acceptors (Lipinski definition) is 3. The molecule has 1 heterocycles. The van der Waals surface area contributed by atoms with Crippen molar-refractivity contribution in [3.8, 4) is 0 Å². The SMILES string of the molecule is C=CC(=O)Nc1cccc(C(=O)NCC(=O)N2CCCCc3ccccc32)c1. The number of nitrogens with one attached hydrogen (secondary N) is 2. The van der Waals surface area contributed by atoms with Crippen molar-refractivity contribution in [2.75, 3.05) is 23.3 Å². The van der Waals surface area contributed by atoms with Crippen molar-refractivity contribution in [2.24, 2.45) is 0 Å². The molecule has 0 unspecified atom stereocenters. The number of para-hydroxylation sites is 1. The number of aryl methyl sites for hydroxylation is 1. The normalized spacial score (nSPS) is 13.1. The van der Waals surface area contributed by atoms with Crippen LogP contribution in [0.25, 0.3) is 0 Å². The minimum Gasteiger partial charge on any atom is -0.343 e. The number of rotatable bonds is 5. The molecule has 0 fully saturated rings. The molecule has 3 amide bonds. The average molecular weight is 377 g/mol. The fraction of sp³-hybridized carbons (Fsp3) is 0.227. The number of amides is 3. The molecule has 1 aliphatic rings. The summed E-state index contributed by atoms with van der Waals surface area (Å²) in [5.74, 6) is -0.863. The van der Waals surface area contributed by atoms with Crippen LogP contribution in [0, 0.1) is 0 Å². The van der Waals surface area contributed by atoms with Crippen molar-refractivity contribution in [3.05, 3.63) is 72.3 Å². The minimum absolute atomic E-state index is 0.0869. The molecule has 0 aliphatic carbocycles. The number of anilines is 2. The van der Waals surface area contributed by atoms with Crippen molar-refractivity contribution < 1.29 is 14.4 Å². The summed E-state index contributed by atoms with van der Waals surface area (Å²) in [4.78, 5) is 38.3. The van der Waals surface area contributed by atoms with Crippen LogP contribution in [0.5, 0.6) is 0 Å². The second-order valence-electron chi connectivity index (χ2n) is 6.59. The van der Waals surface area contributed by atoms with Crippen LogP contribution in [0.3, 0.4) is 0 Å². The molecule has 28 heavy (non-hydrogen) atoms. The first-order valence-electron chi connectivity index (χ1n) is 9.28. The molecule has 0 spiro atoms. The predicted octanol–water partition coefficient (Wildman–Crippen LogP) is 2.91. The third kappa shape index (κ3) is 4.65. The van der Waals surface area contributed by atoms with Gasteiger partial charge in [0, 0.05) is 23.5 Å². The molecule has 0 atom stereocenters. The van der Waals surface area contributed by atoms with Gasteiger partial charge in [0.1, 0.15) is 0 Å². The molecule has 0 radical (unpaired) electrons. The highest BCUT2D eigenvalue weighted by molar-refractivity contribution is 6.02. The van der Waals surface area contributed by atoms with Gasteiger partial charge >= 0.3 is 0 Å². The van der Waals surface area contributed by atoms with Crippen LogP contribution in [0.15, 0.2) is 61.2 Å². The van der Waals surface area contributed by atoms with Gasteiger partial charge in [0.05, 0.1) is 6.54 Å². The van der Waals surface area contributed by atoms with Gasteiger partial charge in [-0.05, 0) is 55.2 Å². The van der Waals surface area contributed by atoms with Gasteiger partial charge < -0.3 is 15.5 Å². The molecular weight excluding hydrogens is 354 g/mol. The Hall–Kier alpha value is -3.41. The first-order chi connectivity index (χ1) is 13.6. The van der Waals surface area contributed by atoms with E-state index in [1.165, 1.54) is 0 Å². The Labute approximate surface area is 164 Å². The Balaban J connectivity index is 1.65. The maximum absolute atomic E-state index is 12.7. The highest BCUT2D eigenvalue weighted by atomic mass is 16.2. The fourth-order valence-electron chi connectivity index (χ4n) is 3.24. The molecule has 3 rings (SSSR count). The van der Waals surface area contributed by atoms with E-state index in [0.717, 1.165) is 36.6 Å². The van der Waals surface area contributed by atoms with E-state index >= 15 is 0 Å². The zero-order chi connectivity index (χ0) is 19.9. The highest BCUT2D eigenvalue weighted by Crippen LogP contribution is 2.26. The second-order valence-corrected chi connectivity index (χ2v) is 6.59. The van der Waals surface area contributed by atoms with Gasteiger partial charge in [0.25, 0.3) is 5.91 Å². The Morgan fingerprint density at radius 2 is 1.89 bits per heavy atom. The maximum Gasteiger partial charge on any atom is 0.251 e. The second kappa shape index (κ2) is 8.99. The quantitative estimate of drug-likeness (QED) is 0.787. The summed E-state index contributed by atoms with van der Waals surface area (Å²) in [5, 5.41) is 5.29. The van der Waals surface area contributed by atoms with Crippen molar-refractivity contribution >= 4 is 29.1 Å². The van der Waals surface area contributed by atoms with Crippen LogP contribution in [-0.2, 0) is 16.0 Å². The van der Waals surface area contributed by atoms with E-state index in [-0.39, 0.29) is 24.3 Å². The van der Waals surface area contributed by atoms with Gasteiger partial charge in [-0.15, -0.1) is 0 Å². The van der Waals surface area contributed by atoms with Gasteiger partial charge in [-0.2, -0.15) is 0 Å². The van der Waals surface area contributed by atoms with Crippen LogP contribution < -0.4 is 15.5 Å². The predicted molar refractivity (Wildman–Crippen MR) is 109 cm³/mol. The number of carbonyl (C=O) groups is 3. The number of benzene rings is 2. The lowest BCUT2D eigenvalue weighted by atomic mass is 10.1. The fourth-order valence-corrected chi connectivity index (χ4v) is 3.24. The molecule has 2 aromatic carbocycles. The van der Waals surface area contributed by atoms with Gasteiger partial charge in [-0.25, -0.2) is 0 Å². The summed E-state index contributed by atoms with van der Waals surface area (Å²) in [6, 6.07) is 14.4. The van der Waals surface area contributed by atoms with Crippen LogP contribution in [-0.4, -0.2) is 30.8 Å². The Morgan fingerprint density at radius 1 is 1.07 bits per heavy atom. The van der Waals surface area contributed by atoms with Gasteiger partial charge in [-0.3, -0.25) is 14.4 Å². The molecule has 2 N–H and O–H groups in total. The van der Waals surface area contributed by atoms with E-state index in [9.17, 15) is 14.4 Å². The summed E-state index contributed by atoms with van der Waals surface area (Å²) in [6.07, 6.45) is 4.08. The number of nitrogens with zero attached hydrogens (tertiary/aromatic N) is 1. The van der Waals surface area contributed by atoms with Crippen LogP contribution >= 0.6 is 0 Å². The van der Waals surface area contributed by atoms with E-state index in [1.807, 2.05) is 24.3 Å². The summed E-state index contributed by atoms with van der Waals surface area (Å²) in [6.45, 7) is 3.96. The molecule has 1 aliphatic heterocycles. The lowest BCUT2D eigenvalue weighted by molar-refractivity contribution is -0.117. The first kappa shape index (κ1) is 19.4. The van der Waals surface area contributed by atoms with Crippen molar-refractivity contribution in [1.82, 2.24) is 5.32 Å². The highest BCUT2D eigenvalue weighted by Gasteiger charge is 2.21. The standard InChI is InChI=1S/C22H23N3O3/c1-2-20(26)24-18-11-7-10-17(14-18)22(28)23-15-21(27)25-13-6-5-9-16-8-3-4-12-19(16)25/h2-4,7-8,10-12,14H,1,5-6,9,13,15H2,(H,23,28)(H,24,26). The van der Waals surface area contributed by atoms with E-state index in [2.05, 4.69) is 17.2 Å². The smallest absolute Gasteiger partial charge is 0.251 e. The largest absolute Gasteiger partial charge is 0.343 e. The molecule has 0 saturated heterocycles. The van der Waals surface area contributed by atoms with E-state index < -0.39 is 0 Å². The lowest BCUT2D eigenvalue weighted by Gasteiger charge is -2.23. The van der Waals surface area contributed by atoms with E-state index in [4.69, 9.17) is 0 Å². The molecule has 2 aromatic rings. The Bertz CT molecular complexity index is 907. The molecule has 144 valence electrons. The number of fused-ring (bicyclic) bond motifs is 1. The summed E-state index contributed by atoms with van der Waals surface area (Å²) in [7, 11) is 0. The van der Waals surface area contributed by atoms with Gasteiger partial charge in [0.15, 0.2) is 0 Å². The average Bonchev–Trinajstić information content (AvgIpc) is 2.94. The minimum atomic E-state index is -0.369. The van der Waals surface area contributed by atoms with Gasteiger partial charge in [-0.1, -0.05) is 30.8 Å². The molecule has 0 saturated carbocycles. The summed E-state index contributed by atoms with van der Waals surface area (Å²) < 4.78 is 0. The number of carbonyl (C=O) groups excluding carboxylic acids is 3. The molecule has 0 aromatic heterocycles. The topological polar surface area (TPSA) is 78.5 Å². The van der Waals surface area contributed by atoms with E-state index in [1.54, 1.807) is 29.2 Å². The zero-order valence-corrected chi connectivity index (χ0v) is 15.6. The monoisotopic (exact) mass is 377 g/mol. The van der Waals surface area contributed by atoms with Crippen molar-refractivity contribution in [3.63, 3.8) is 0 Å². The molecule has 0 bridgehead atoms. The van der Waals surface area contributed by atoms with Crippen molar-refractivity contribution in [1.29, 1.82) is 0 Å². The van der Waals surface area contributed by atoms with Crippen molar-refractivity contribution in [2.45, 2.75) is 19.3 Å². The summed E-state index contributed by atoms with van der Waals surface area (Å²) >= 11 is 0. The summed E-state index contributed by atoms with van der Waals surface area (Å²) in [5.41, 5.74) is 2.94. The zero-order valence-electron chi connectivity index (χ0n) is 15.6. The molecule has 6 nitrogen and oxygen atoms in total. The Morgan fingerprint density at radius 3 is 2.71 bits per heavy atom. The molecular formula is C22H23N3O3. The van der Waals surface area contributed by atoms with E-state index in [0.29, 0.717) is 17.8 Å². The van der Waals surface area contributed by atoms with Crippen LogP contribution in [0.4, 0.5) is 11.4 Å². The van der Waals surface area contributed by atoms with Crippen LogP contribution in [0.2, 0.25) is 0 Å². The van der Waals surface area contributed by atoms with Crippen LogP contribution in [0.1, 0.15) is 28.8 Å². The lowest BCUT2D eigenvalue weighted by Crippen LogP contribution is -2.40. The molecule has 6 heteroatoms. The Kier molecular flexibility index (Phi) is 6.22. The van der Waals surface area contributed by atoms with Gasteiger partial charge in [0.2, 0.25) is 11.8 Å². The maximum atomic E-state index is 12.7. The number of hydrogen-bond donors (Lipinski definition) is 2. The first-order valence-corrected chi connectivity index (χ1v) is 9.28. The third-order valence-corrected chi connectivity index (χ3v) is 4.64.